The molecule has 1 aromatic carbocycles. The minimum Gasteiger partial charge on any atom is -0.507 e. The van der Waals surface area contributed by atoms with Crippen molar-refractivity contribution < 1.29 is 52.4 Å². The van der Waals surface area contributed by atoms with Crippen LogP contribution in [0.2, 0.25) is 0 Å². The first-order chi connectivity index (χ1) is 21.2. The lowest BCUT2D eigenvalue weighted by Gasteiger charge is -2.45. The van der Waals surface area contributed by atoms with E-state index in [-0.39, 0.29) is 40.9 Å². The summed E-state index contributed by atoms with van der Waals surface area (Å²) in [6.07, 6.45) is -1.60. The average molecular weight is 639 g/mol. The van der Waals surface area contributed by atoms with Crippen molar-refractivity contribution in [1.82, 2.24) is 0 Å². The van der Waals surface area contributed by atoms with Crippen LogP contribution in [0.4, 0.5) is 0 Å². The average Bonchev–Trinajstić information content (AvgIpc) is 3.42. The first-order valence-corrected chi connectivity index (χ1v) is 15.6. The maximum atomic E-state index is 14.4. The molecule has 0 spiro atoms. The third kappa shape index (κ3) is 3.27. The Balaban J connectivity index is 1.37. The largest absolute Gasteiger partial charge is 0.507 e. The van der Waals surface area contributed by atoms with Gasteiger partial charge in [0.15, 0.2) is 17.8 Å². The van der Waals surface area contributed by atoms with Crippen molar-refractivity contribution in [3.8, 4) is 11.5 Å². The normalized spacial score (nSPS) is 37.3. The van der Waals surface area contributed by atoms with Crippen molar-refractivity contribution in [2.45, 2.75) is 110 Å². The van der Waals surface area contributed by atoms with Crippen LogP contribution in [0.25, 0.3) is 11.0 Å². The maximum Gasteiger partial charge on any atom is 0.351 e. The highest BCUT2D eigenvalue weighted by molar-refractivity contribution is 5.95. The minimum absolute atomic E-state index is 0.0479. The van der Waals surface area contributed by atoms with Crippen molar-refractivity contribution in [2.24, 2.45) is 21.7 Å². The molecule has 3 aliphatic heterocycles. The van der Waals surface area contributed by atoms with Gasteiger partial charge in [-0.3, -0.25) is 9.59 Å². The third-order valence-electron chi connectivity index (χ3n) is 12.8. The molecule has 0 radical (unpaired) electrons. The van der Waals surface area contributed by atoms with Gasteiger partial charge in [-0.1, -0.05) is 27.7 Å². The number of esters is 4. The Morgan fingerprint density at radius 1 is 0.761 bits per heavy atom. The number of carbonyl (C=O) groups excluding carboxylic acids is 4. The Hall–Kier alpha value is -4.09. The van der Waals surface area contributed by atoms with Crippen LogP contribution in [-0.4, -0.2) is 51.9 Å². The second-order valence-corrected chi connectivity index (χ2v) is 15.5. The SMILES string of the molecule is CC1(C)Oc2ccc3c(O)cc(=O)oc3c2[C@@H](OC(=O)C23CCC(C)(C(=O)O2)C3(C)C)[C@H]1OC(=O)C12CCC(C)(C(=O)O1)C2(C)C. The summed E-state index contributed by atoms with van der Waals surface area (Å²) in [5, 5.41) is 10.8. The Labute approximate surface area is 264 Å². The molecule has 2 aliphatic carbocycles. The number of rotatable bonds is 4. The fourth-order valence-corrected chi connectivity index (χ4v) is 8.58. The van der Waals surface area contributed by atoms with Gasteiger partial charge in [0.2, 0.25) is 11.2 Å². The van der Waals surface area contributed by atoms with E-state index in [4.69, 9.17) is 28.1 Å². The molecule has 6 atom stereocenters. The van der Waals surface area contributed by atoms with Gasteiger partial charge in [-0.25, -0.2) is 14.4 Å². The highest BCUT2D eigenvalue weighted by atomic mass is 16.7. The number of aromatic hydroxyl groups is 1. The van der Waals surface area contributed by atoms with E-state index in [1.165, 1.54) is 12.1 Å². The lowest BCUT2D eigenvalue weighted by molar-refractivity contribution is -0.217. The molecule has 12 heteroatoms. The predicted octanol–water partition coefficient (Wildman–Crippen LogP) is 4.41. The molecule has 5 aliphatic rings. The van der Waals surface area contributed by atoms with Crippen LogP contribution < -0.4 is 10.4 Å². The van der Waals surface area contributed by atoms with Gasteiger partial charge < -0.3 is 33.2 Å². The van der Waals surface area contributed by atoms with Crippen LogP contribution in [0.5, 0.6) is 11.5 Å². The van der Waals surface area contributed by atoms with Gasteiger partial charge in [-0.2, -0.15) is 0 Å². The molecule has 4 unspecified atom stereocenters. The molecule has 4 bridgehead atoms. The zero-order valence-electron chi connectivity index (χ0n) is 27.2. The third-order valence-corrected chi connectivity index (χ3v) is 12.8. The molecule has 1 aromatic heterocycles. The summed E-state index contributed by atoms with van der Waals surface area (Å²) in [6, 6.07) is 3.94. The number of hydrogen-bond acceptors (Lipinski definition) is 12. The van der Waals surface area contributed by atoms with Gasteiger partial charge in [0.05, 0.1) is 27.8 Å². The lowest BCUT2D eigenvalue weighted by atomic mass is 9.66. The molecule has 246 valence electrons. The van der Waals surface area contributed by atoms with E-state index < -0.39 is 80.2 Å². The first kappa shape index (κ1) is 30.6. The smallest absolute Gasteiger partial charge is 0.351 e. The van der Waals surface area contributed by atoms with Crippen molar-refractivity contribution in [3.05, 3.63) is 34.2 Å². The monoisotopic (exact) mass is 638 g/mol. The second-order valence-electron chi connectivity index (χ2n) is 15.5. The fourth-order valence-electron chi connectivity index (χ4n) is 8.58. The van der Waals surface area contributed by atoms with Crippen molar-refractivity contribution in [2.75, 3.05) is 0 Å². The van der Waals surface area contributed by atoms with Crippen LogP contribution in [0.1, 0.15) is 92.7 Å². The highest BCUT2D eigenvalue weighted by Crippen LogP contribution is 2.67. The molecule has 4 fully saturated rings. The number of benzene rings is 1. The van der Waals surface area contributed by atoms with Crippen molar-refractivity contribution in [3.63, 3.8) is 0 Å². The van der Waals surface area contributed by atoms with E-state index in [1.807, 2.05) is 0 Å². The van der Waals surface area contributed by atoms with Crippen LogP contribution in [0.15, 0.2) is 27.4 Å². The molecule has 4 heterocycles. The summed E-state index contributed by atoms with van der Waals surface area (Å²) in [4.78, 5) is 67.2. The van der Waals surface area contributed by atoms with E-state index in [2.05, 4.69) is 0 Å². The number of hydrogen-bond donors (Lipinski definition) is 1. The van der Waals surface area contributed by atoms with Gasteiger partial charge in [0, 0.05) is 10.8 Å². The zero-order chi connectivity index (χ0) is 33.6. The summed E-state index contributed by atoms with van der Waals surface area (Å²) < 4.78 is 36.0. The first-order valence-electron chi connectivity index (χ1n) is 15.6. The van der Waals surface area contributed by atoms with Gasteiger partial charge in [-0.05, 0) is 65.5 Å². The molecular formula is C34H38O12. The summed E-state index contributed by atoms with van der Waals surface area (Å²) in [6.45, 7) is 14.0. The summed E-state index contributed by atoms with van der Waals surface area (Å²) in [7, 11) is 0. The predicted molar refractivity (Wildman–Crippen MR) is 157 cm³/mol. The van der Waals surface area contributed by atoms with E-state index in [0.717, 1.165) is 6.07 Å². The number of ether oxygens (including phenoxy) is 5. The number of fused-ring (bicyclic) bond motifs is 7. The Morgan fingerprint density at radius 2 is 1.28 bits per heavy atom. The minimum atomic E-state index is -1.64. The molecule has 12 nitrogen and oxygen atoms in total. The van der Waals surface area contributed by atoms with Crippen LogP contribution in [0, 0.1) is 21.7 Å². The van der Waals surface area contributed by atoms with Crippen molar-refractivity contribution >= 4 is 34.8 Å². The fraction of sp³-hybridized carbons (Fsp3) is 0.618. The van der Waals surface area contributed by atoms with Crippen LogP contribution in [-0.2, 0) is 38.1 Å². The lowest BCUT2D eigenvalue weighted by Crippen LogP contribution is -2.57. The van der Waals surface area contributed by atoms with Crippen molar-refractivity contribution in [1.29, 1.82) is 0 Å². The van der Waals surface area contributed by atoms with Gasteiger partial charge >= 0.3 is 29.5 Å². The molecule has 0 amide bonds. The van der Waals surface area contributed by atoms with E-state index in [1.54, 1.807) is 55.4 Å². The van der Waals surface area contributed by atoms with E-state index in [0.29, 0.717) is 12.8 Å². The molecule has 2 saturated heterocycles. The van der Waals surface area contributed by atoms with E-state index >= 15 is 0 Å². The van der Waals surface area contributed by atoms with Gasteiger partial charge in [-0.15, -0.1) is 0 Å². The van der Waals surface area contributed by atoms with Crippen LogP contribution >= 0.6 is 0 Å². The summed E-state index contributed by atoms with van der Waals surface area (Å²) in [5.74, 6) is -2.91. The van der Waals surface area contributed by atoms with Gasteiger partial charge in [0.1, 0.15) is 17.1 Å². The number of carbonyl (C=O) groups is 4. The molecule has 1 N–H and O–H groups in total. The molecule has 7 rings (SSSR count). The van der Waals surface area contributed by atoms with Crippen LogP contribution in [0.3, 0.4) is 0 Å². The molecule has 2 aromatic rings. The quantitative estimate of drug-likeness (QED) is 0.285. The second kappa shape index (κ2) is 8.63. The molecule has 46 heavy (non-hydrogen) atoms. The van der Waals surface area contributed by atoms with Gasteiger partial charge in [0.25, 0.3) is 0 Å². The Bertz CT molecular complexity index is 1830. The Morgan fingerprint density at radius 3 is 1.76 bits per heavy atom. The van der Waals surface area contributed by atoms with E-state index in [9.17, 15) is 29.1 Å². The summed E-state index contributed by atoms with van der Waals surface area (Å²) in [5.41, 5.74) is -9.29. The standard InChI is InChI=1S/C34H38O12/c1-28(2)23(43-27(40)34-14-12-32(8,25(38)46-34)30(34,5)6)22(20-18(44-28)10-9-16-17(35)15-19(36)41-21(16)20)42-26(39)33-13-11-31(7,24(37)45-33)29(33,3)4/h9-10,15,22-23,35H,11-14H2,1-8H3/t22-,23-,31?,32?,33?,34?/m1/s1. The molecule has 2 saturated carbocycles. The molecular weight excluding hydrogens is 600 g/mol. The zero-order valence-corrected chi connectivity index (χ0v) is 27.2. The summed E-state index contributed by atoms with van der Waals surface area (Å²) >= 11 is 0. The topological polar surface area (TPSA) is 165 Å². The maximum absolute atomic E-state index is 14.4. The highest BCUT2D eigenvalue weighted by Gasteiger charge is 2.78. The Kier molecular flexibility index (Phi) is 5.73.